The van der Waals surface area contributed by atoms with Crippen molar-refractivity contribution < 1.29 is 9.59 Å². The molecule has 0 aliphatic rings. The third-order valence-electron chi connectivity index (χ3n) is 4.66. The number of hydrogen-bond acceptors (Lipinski definition) is 3. The number of benzene rings is 2. The summed E-state index contributed by atoms with van der Waals surface area (Å²) in [5, 5.41) is 2.89. The van der Waals surface area contributed by atoms with Crippen molar-refractivity contribution in [3.8, 4) is 0 Å². The Morgan fingerprint density at radius 3 is 2.31 bits per heavy atom. The van der Waals surface area contributed by atoms with E-state index in [1.807, 2.05) is 69.3 Å². The van der Waals surface area contributed by atoms with E-state index in [1.54, 1.807) is 11.0 Å². The molecule has 0 atom stereocenters. The number of rotatable bonds is 6. The van der Waals surface area contributed by atoms with E-state index < -0.39 is 0 Å². The van der Waals surface area contributed by atoms with Crippen molar-refractivity contribution in [2.45, 2.75) is 27.3 Å². The molecule has 148 valence electrons. The summed E-state index contributed by atoms with van der Waals surface area (Å²) in [6, 6.07) is 17.3. The molecule has 0 spiro atoms. The fraction of sp³-hybridized carbons (Fsp3) is 0.208. The van der Waals surface area contributed by atoms with Crippen molar-refractivity contribution in [3.05, 3.63) is 94.8 Å². The molecule has 0 aliphatic carbocycles. The van der Waals surface area contributed by atoms with Crippen LogP contribution in [0.25, 0.3) is 0 Å². The lowest BCUT2D eigenvalue weighted by Gasteiger charge is -2.21. The van der Waals surface area contributed by atoms with Gasteiger partial charge in [0.25, 0.3) is 11.8 Å². The van der Waals surface area contributed by atoms with Gasteiger partial charge in [0, 0.05) is 31.2 Å². The molecule has 0 radical (unpaired) electrons. The predicted octanol–water partition coefficient (Wildman–Crippen LogP) is 4.30. The van der Waals surface area contributed by atoms with Gasteiger partial charge in [-0.2, -0.15) is 0 Å². The Hall–Kier alpha value is -3.47. The fourth-order valence-electron chi connectivity index (χ4n) is 3.18. The van der Waals surface area contributed by atoms with Crippen LogP contribution in [0.15, 0.2) is 67.0 Å². The van der Waals surface area contributed by atoms with E-state index in [0.717, 1.165) is 22.4 Å². The number of nitrogens with zero attached hydrogens (tertiary/aromatic N) is 2. The number of pyridine rings is 1. The van der Waals surface area contributed by atoms with Crippen molar-refractivity contribution in [2.24, 2.45) is 0 Å². The van der Waals surface area contributed by atoms with Crippen molar-refractivity contribution in [3.63, 3.8) is 0 Å². The molecule has 0 saturated carbocycles. The van der Waals surface area contributed by atoms with Gasteiger partial charge in [0.2, 0.25) is 0 Å². The number of carbonyl (C=O) groups excluding carboxylic acids is 2. The van der Waals surface area contributed by atoms with E-state index in [4.69, 9.17) is 0 Å². The highest BCUT2D eigenvalue weighted by Crippen LogP contribution is 2.19. The predicted molar refractivity (Wildman–Crippen MR) is 115 cm³/mol. The number of anilines is 1. The standard InChI is InChI=1S/C24H25N3O2/c1-4-27(22-10-6-8-18(3)12-22)24(29)21-13-20(15-25-16-21)23(28)26-14-19-9-5-7-17(2)11-19/h5-13,15-16H,4,14H2,1-3H3,(H,26,28). The Morgan fingerprint density at radius 2 is 1.62 bits per heavy atom. The summed E-state index contributed by atoms with van der Waals surface area (Å²) >= 11 is 0. The van der Waals surface area contributed by atoms with Crippen LogP contribution in [0.1, 0.15) is 44.3 Å². The third-order valence-corrected chi connectivity index (χ3v) is 4.66. The van der Waals surface area contributed by atoms with E-state index >= 15 is 0 Å². The Balaban J connectivity index is 1.75. The highest BCUT2D eigenvalue weighted by molar-refractivity contribution is 6.07. The number of hydrogen-bond donors (Lipinski definition) is 1. The zero-order chi connectivity index (χ0) is 20.8. The second-order valence-corrected chi connectivity index (χ2v) is 7.02. The topological polar surface area (TPSA) is 62.3 Å². The molecule has 2 aromatic carbocycles. The first-order valence-corrected chi connectivity index (χ1v) is 9.65. The maximum absolute atomic E-state index is 13.0. The Bertz CT molecular complexity index is 1030. The fourth-order valence-corrected chi connectivity index (χ4v) is 3.18. The van der Waals surface area contributed by atoms with Crippen molar-refractivity contribution >= 4 is 17.5 Å². The molecule has 0 bridgehead atoms. The van der Waals surface area contributed by atoms with Gasteiger partial charge in [-0.1, -0.05) is 42.0 Å². The molecule has 1 heterocycles. The van der Waals surface area contributed by atoms with E-state index in [9.17, 15) is 9.59 Å². The minimum absolute atomic E-state index is 0.182. The lowest BCUT2D eigenvalue weighted by molar-refractivity contribution is 0.0950. The van der Waals surface area contributed by atoms with Crippen LogP contribution in [0.3, 0.4) is 0 Å². The van der Waals surface area contributed by atoms with Gasteiger partial charge in [0.15, 0.2) is 0 Å². The number of nitrogens with one attached hydrogen (secondary N) is 1. The normalized spacial score (nSPS) is 10.4. The lowest BCUT2D eigenvalue weighted by Crippen LogP contribution is -2.31. The van der Waals surface area contributed by atoms with Gasteiger partial charge >= 0.3 is 0 Å². The van der Waals surface area contributed by atoms with E-state index in [0.29, 0.717) is 24.2 Å². The smallest absolute Gasteiger partial charge is 0.259 e. The van der Waals surface area contributed by atoms with Crippen LogP contribution in [-0.4, -0.2) is 23.3 Å². The quantitative estimate of drug-likeness (QED) is 0.686. The molecule has 2 amide bonds. The number of aryl methyl sites for hydroxylation is 2. The molecule has 1 aromatic heterocycles. The van der Waals surface area contributed by atoms with Crippen LogP contribution in [0.2, 0.25) is 0 Å². The molecule has 5 nitrogen and oxygen atoms in total. The highest BCUT2D eigenvalue weighted by Gasteiger charge is 2.18. The van der Waals surface area contributed by atoms with Crippen LogP contribution < -0.4 is 10.2 Å². The van der Waals surface area contributed by atoms with Crippen molar-refractivity contribution in [1.29, 1.82) is 0 Å². The summed E-state index contributed by atoms with van der Waals surface area (Å²) in [5.41, 5.74) is 4.82. The summed E-state index contributed by atoms with van der Waals surface area (Å²) in [6.45, 7) is 6.86. The second-order valence-electron chi connectivity index (χ2n) is 7.02. The average molecular weight is 387 g/mol. The Kier molecular flexibility index (Phi) is 6.39. The number of aromatic nitrogens is 1. The van der Waals surface area contributed by atoms with Gasteiger partial charge in [-0.25, -0.2) is 0 Å². The molecule has 3 aromatic rings. The maximum atomic E-state index is 13.0. The molecule has 29 heavy (non-hydrogen) atoms. The number of carbonyl (C=O) groups is 2. The van der Waals surface area contributed by atoms with Crippen LogP contribution in [0.4, 0.5) is 5.69 Å². The molecule has 1 N–H and O–H groups in total. The molecule has 0 fully saturated rings. The SMILES string of the molecule is CCN(C(=O)c1cncc(C(=O)NCc2cccc(C)c2)c1)c1cccc(C)c1. The zero-order valence-corrected chi connectivity index (χ0v) is 17.0. The number of amides is 2. The molecule has 0 unspecified atom stereocenters. The molecule has 5 heteroatoms. The van der Waals surface area contributed by atoms with Gasteiger partial charge in [0.1, 0.15) is 0 Å². The molecular formula is C24H25N3O2. The third kappa shape index (κ3) is 5.08. The Morgan fingerprint density at radius 1 is 0.931 bits per heavy atom. The van der Waals surface area contributed by atoms with Crippen LogP contribution >= 0.6 is 0 Å². The average Bonchev–Trinajstić information content (AvgIpc) is 2.73. The first-order chi connectivity index (χ1) is 14.0. The summed E-state index contributed by atoms with van der Waals surface area (Å²) in [5.74, 6) is -0.439. The molecular weight excluding hydrogens is 362 g/mol. The summed E-state index contributed by atoms with van der Waals surface area (Å²) in [6.07, 6.45) is 2.98. The van der Waals surface area contributed by atoms with Crippen LogP contribution in [0, 0.1) is 13.8 Å². The molecule has 0 aliphatic heterocycles. The summed E-state index contributed by atoms with van der Waals surface area (Å²) in [7, 11) is 0. The minimum Gasteiger partial charge on any atom is -0.348 e. The molecule has 3 rings (SSSR count). The van der Waals surface area contributed by atoms with Crippen LogP contribution in [0.5, 0.6) is 0 Å². The maximum Gasteiger partial charge on any atom is 0.259 e. The van der Waals surface area contributed by atoms with E-state index in [1.165, 1.54) is 12.4 Å². The van der Waals surface area contributed by atoms with Gasteiger partial charge < -0.3 is 10.2 Å². The lowest BCUT2D eigenvalue weighted by atomic mass is 10.1. The van der Waals surface area contributed by atoms with Crippen molar-refractivity contribution in [2.75, 3.05) is 11.4 Å². The monoisotopic (exact) mass is 387 g/mol. The summed E-state index contributed by atoms with van der Waals surface area (Å²) < 4.78 is 0. The second kappa shape index (κ2) is 9.15. The first-order valence-electron chi connectivity index (χ1n) is 9.65. The zero-order valence-electron chi connectivity index (χ0n) is 17.0. The minimum atomic E-state index is -0.257. The van der Waals surface area contributed by atoms with Gasteiger partial charge in [0.05, 0.1) is 11.1 Å². The van der Waals surface area contributed by atoms with Gasteiger partial charge in [-0.3, -0.25) is 14.6 Å². The molecule has 0 saturated heterocycles. The summed E-state index contributed by atoms with van der Waals surface area (Å²) in [4.78, 5) is 31.4. The highest BCUT2D eigenvalue weighted by atomic mass is 16.2. The first kappa shape index (κ1) is 20.3. The van der Waals surface area contributed by atoms with Crippen molar-refractivity contribution in [1.82, 2.24) is 10.3 Å². The largest absolute Gasteiger partial charge is 0.348 e. The Labute approximate surface area is 171 Å². The van der Waals surface area contributed by atoms with E-state index in [-0.39, 0.29) is 11.8 Å². The van der Waals surface area contributed by atoms with Crippen LogP contribution in [-0.2, 0) is 6.54 Å². The van der Waals surface area contributed by atoms with Gasteiger partial charge in [-0.05, 0) is 50.1 Å². The van der Waals surface area contributed by atoms with E-state index in [2.05, 4.69) is 10.3 Å². The van der Waals surface area contributed by atoms with Gasteiger partial charge in [-0.15, -0.1) is 0 Å².